The van der Waals surface area contributed by atoms with Gasteiger partial charge in [-0.2, -0.15) is 0 Å². The fraction of sp³-hybridized carbons (Fsp3) is 0.217. The first-order valence-corrected chi connectivity index (χ1v) is 10.9. The predicted molar refractivity (Wildman–Crippen MR) is 124 cm³/mol. The Morgan fingerprint density at radius 2 is 1.97 bits per heavy atom. The van der Waals surface area contributed by atoms with E-state index in [1.54, 1.807) is 44.4 Å². The predicted octanol–water partition coefficient (Wildman–Crippen LogP) is 4.05. The Hall–Kier alpha value is -3.59. The van der Waals surface area contributed by atoms with Gasteiger partial charge >= 0.3 is 5.97 Å². The molecule has 0 aliphatic carbocycles. The summed E-state index contributed by atoms with van der Waals surface area (Å²) in [7, 11) is 1.61. The van der Waals surface area contributed by atoms with Crippen LogP contribution < -0.4 is 10.1 Å². The normalized spacial score (nSPS) is 10.4. The maximum Gasteiger partial charge on any atom is 0.338 e. The highest BCUT2D eigenvalue weighted by atomic mass is 32.2. The van der Waals surface area contributed by atoms with Crippen LogP contribution in [-0.2, 0) is 16.1 Å². The third-order valence-electron chi connectivity index (χ3n) is 4.37. The third kappa shape index (κ3) is 5.76. The molecule has 3 rings (SSSR count). The standard InChI is InChI=1S/C23H24N4O4S/c1-4-13-27-21(17-7-6-8-19(14-17)30-3)25-26-23(27)32-15-20(28)24-18-11-9-16(10-12-18)22(29)31-5-2/h4,6-12,14H,1,5,13,15H2,2-3H3,(H,24,28). The zero-order chi connectivity index (χ0) is 22.9. The molecule has 1 N–H and O–H groups in total. The average Bonchev–Trinajstić information content (AvgIpc) is 3.21. The monoisotopic (exact) mass is 452 g/mol. The van der Waals surface area contributed by atoms with E-state index in [0.29, 0.717) is 35.4 Å². The molecular weight excluding hydrogens is 428 g/mol. The first-order chi connectivity index (χ1) is 15.5. The summed E-state index contributed by atoms with van der Waals surface area (Å²) in [6.07, 6.45) is 1.75. The highest BCUT2D eigenvalue weighted by molar-refractivity contribution is 7.99. The van der Waals surface area contributed by atoms with Crippen molar-refractivity contribution in [2.45, 2.75) is 18.6 Å². The lowest BCUT2D eigenvalue weighted by Crippen LogP contribution is -2.15. The Morgan fingerprint density at radius 1 is 1.19 bits per heavy atom. The maximum absolute atomic E-state index is 12.4. The van der Waals surface area contributed by atoms with E-state index in [1.807, 2.05) is 28.8 Å². The van der Waals surface area contributed by atoms with Gasteiger partial charge in [-0.1, -0.05) is 30.0 Å². The Labute approximate surface area is 190 Å². The van der Waals surface area contributed by atoms with Gasteiger partial charge in [-0.05, 0) is 43.3 Å². The summed E-state index contributed by atoms with van der Waals surface area (Å²) in [6.45, 7) is 6.36. The number of methoxy groups -OCH3 is 1. The second-order valence-corrected chi connectivity index (χ2v) is 7.51. The van der Waals surface area contributed by atoms with Crippen molar-refractivity contribution in [2.75, 3.05) is 24.8 Å². The number of anilines is 1. The molecule has 0 fully saturated rings. The molecule has 0 bridgehead atoms. The summed E-state index contributed by atoms with van der Waals surface area (Å²) in [5.74, 6) is 0.941. The first kappa shape index (κ1) is 23.1. The van der Waals surface area contributed by atoms with Crippen LogP contribution in [-0.4, -0.2) is 46.1 Å². The number of aromatic nitrogens is 3. The van der Waals surface area contributed by atoms with E-state index in [0.717, 1.165) is 11.3 Å². The molecule has 1 heterocycles. The lowest BCUT2D eigenvalue weighted by atomic mass is 10.2. The van der Waals surface area contributed by atoms with Crippen LogP contribution in [0.25, 0.3) is 11.4 Å². The number of benzene rings is 2. The van der Waals surface area contributed by atoms with Gasteiger partial charge in [0.1, 0.15) is 5.75 Å². The van der Waals surface area contributed by atoms with E-state index in [1.165, 1.54) is 11.8 Å². The third-order valence-corrected chi connectivity index (χ3v) is 5.34. The van der Waals surface area contributed by atoms with Crippen LogP contribution in [0.5, 0.6) is 5.75 Å². The van der Waals surface area contributed by atoms with Gasteiger partial charge in [0.05, 0.1) is 25.0 Å². The Morgan fingerprint density at radius 3 is 2.66 bits per heavy atom. The van der Waals surface area contributed by atoms with Crippen molar-refractivity contribution in [3.05, 3.63) is 66.7 Å². The molecule has 32 heavy (non-hydrogen) atoms. The molecule has 0 spiro atoms. The van der Waals surface area contributed by atoms with E-state index in [4.69, 9.17) is 9.47 Å². The molecule has 0 aliphatic heterocycles. The molecule has 0 radical (unpaired) electrons. The second-order valence-electron chi connectivity index (χ2n) is 6.57. The number of amides is 1. The molecule has 1 aromatic heterocycles. The Balaban J connectivity index is 1.66. The zero-order valence-corrected chi connectivity index (χ0v) is 18.7. The van der Waals surface area contributed by atoms with Crippen molar-refractivity contribution >= 4 is 29.3 Å². The fourth-order valence-electron chi connectivity index (χ4n) is 2.90. The number of nitrogens with one attached hydrogen (secondary N) is 1. The van der Waals surface area contributed by atoms with Crippen LogP contribution in [0, 0.1) is 0 Å². The van der Waals surface area contributed by atoms with E-state index in [9.17, 15) is 9.59 Å². The number of nitrogens with zero attached hydrogens (tertiary/aromatic N) is 3. The van der Waals surface area contributed by atoms with Gasteiger partial charge in [0.2, 0.25) is 5.91 Å². The number of carbonyl (C=O) groups is 2. The summed E-state index contributed by atoms with van der Waals surface area (Å²) >= 11 is 1.28. The van der Waals surface area contributed by atoms with Gasteiger partial charge in [-0.3, -0.25) is 9.36 Å². The van der Waals surface area contributed by atoms with Gasteiger partial charge in [0.15, 0.2) is 11.0 Å². The van der Waals surface area contributed by atoms with Crippen molar-refractivity contribution < 1.29 is 19.1 Å². The van der Waals surface area contributed by atoms with E-state index >= 15 is 0 Å². The molecular formula is C23H24N4O4S. The molecule has 0 unspecified atom stereocenters. The molecule has 0 aliphatic rings. The van der Waals surface area contributed by atoms with Crippen molar-refractivity contribution in [3.8, 4) is 17.1 Å². The van der Waals surface area contributed by atoms with Crippen molar-refractivity contribution in [1.29, 1.82) is 0 Å². The lowest BCUT2D eigenvalue weighted by Gasteiger charge is -2.09. The number of esters is 1. The molecule has 166 valence electrons. The number of allylic oxidation sites excluding steroid dienone is 1. The van der Waals surface area contributed by atoms with Crippen LogP contribution >= 0.6 is 11.8 Å². The number of ether oxygens (including phenoxy) is 2. The number of hydrogen-bond acceptors (Lipinski definition) is 7. The molecule has 0 saturated heterocycles. The van der Waals surface area contributed by atoms with Gasteiger partial charge in [0.25, 0.3) is 0 Å². The van der Waals surface area contributed by atoms with E-state index in [-0.39, 0.29) is 11.7 Å². The molecule has 2 aromatic carbocycles. The minimum Gasteiger partial charge on any atom is -0.497 e. The molecule has 3 aromatic rings. The molecule has 0 saturated carbocycles. The van der Waals surface area contributed by atoms with Crippen molar-refractivity contribution in [1.82, 2.24) is 14.8 Å². The number of hydrogen-bond donors (Lipinski definition) is 1. The highest BCUT2D eigenvalue weighted by Gasteiger charge is 2.16. The first-order valence-electron chi connectivity index (χ1n) is 9.94. The Kier molecular flexibility index (Phi) is 8.04. The second kappa shape index (κ2) is 11.1. The van der Waals surface area contributed by atoms with E-state index < -0.39 is 5.97 Å². The van der Waals surface area contributed by atoms with E-state index in [2.05, 4.69) is 22.1 Å². The average molecular weight is 453 g/mol. The van der Waals surface area contributed by atoms with Crippen molar-refractivity contribution in [3.63, 3.8) is 0 Å². The van der Waals surface area contributed by atoms with Crippen LogP contribution in [0.1, 0.15) is 17.3 Å². The van der Waals surface area contributed by atoms with Crippen LogP contribution in [0.4, 0.5) is 5.69 Å². The largest absolute Gasteiger partial charge is 0.497 e. The molecule has 0 atom stereocenters. The summed E-state index contributed by atoms with van der Waals surface area (Å²) in [6, 6.07) is 14.1. The minimum absolute atomic E-state index is 0.146. The SMILES string of the molecule is C=CCn1c(SCC(=O)Nc2ccc(C(=O)OCC)cc2)nnc1-c1cccc(OC)c1. The summed E-state index contributed by atoms with van der Waals surface area (Å²) in [4.78, 5) is 24.1. The van der Waals surface area contributed by atoms with Gasteiger partial charge in [-0.15, -0.1) is 16.8 Å². The molecule has 8 nitrogen and oxygen atoms in total. The fourth-order valence-corrected chi connectivity index (χ4v) is 3.64. The smallest absolute Gasteiger partial charge is 0.338 e. The highest BCUT2D eigenvalue weighted by Crippen LogP contribution is 2.26. The summed E-state index contributed by atoms with van der Waals surface area (Å²) in [5, 5.41) is 12.0. The summed E-state index contributed by atoms with van der Waals surface area (Å²) in [5.41, 5.74) is 1.88. The quantitative estimate of drug-likeness (QED) is 0.282. The number of carbonyl (C=O) groups excluding carboxylic acids is 2. The number of thioether (sulfide) groups is 1. The zero-order valence-electron chi connectivity index (χ0n) is 17.9. The van der Waals surface area contributed by atoms with Crippen molar-refractivity contribution in [2.24, 2.45) is 0 Å². The van der Waals surface area contributed by atoms with Gasteiger partial charge < -0.3 is 14.8 Å². The van der Waals surface area contributed by atoms with Gasteiger partial charge in [-0.25, -0.2) is 4.79 Å². The minimum atomic E-state index is -0.394. The molecule has 1 amide bonds. The van der Waals surface area contributed by atoms with Crippen LogP contribution in [0.3, 0.4) is 0 Å². The topological polar surface area (TPSA) is 95.3 Å². The van der Waals surface area contributed by atoms with Crippen LogP contribution in [0.2, 0.25) is 0 Å². The maximum atomic E-state index is 12.4. The van der Waals surface area contributed by atoms with Gasteiger partial charge in [0, 0.05) is 17.8 Å². The summed E-state index contributed by atoms with van der Waals surface area (Å²) < 4.78 is 12.1. The van der Waals surface area contributed by atoms with Crippen LogP contribution in [0.15, 0.2) is 66.3 Å². The Bertz CT molecular complexity index is 1100. The molecule has 9 heteroatoms. The lowest BCUT2D eigenvalue weighted by molar-refractivity contribution is -0.113. The number of rotatable bonds is 10.